The molecule has 3 nitrogen and oxygen atoms in total. The maximum atomic E-state index is 4.26. The van der Waals surface area contributed by atoms with Crippen molar-refractivity contribution in [2.24, 2.45) is 0 Å². The van der Waals surface area contributed by atoms with Crippen molar-refractivity contribution < 1.29 is 0 Å². The van der Waals surface area contributed by atoms with Gasteiger partial charge in [0.05, 0.1) is 0 Å². The zero-order chi connectivity index (χ0) is 13.9. The van der Waals surface area contributed by atoms with Crippen molar-refractivity contribution in [1.82, 2.24) is 15.5 Å². The van der Waals surface area contributed by atoms with Gasteiger partial charge in [0.2, 0.25) is 0 Å². The van der Waals surface area contributed by atoms with Gasteiger partial charge in [0.25, 0.3) is 0 Å². The van der Waals surface area contributed by atoms with Gasteiger partial charge in [-0.1, -0.05) is 54.3 Å². The predicted molar refractivity (Wildman–Crippen MR) is 85.5 cm³/mol. The number of hydrogen-bond donors (Lipinski definition) is 1. The molecule has 0 amide bonds. The number of nitrogens with zero attached hydrogens (tertiary/aromatic N) is 2. The van der Waals surface area contributed by atoms with Crippen molar-refractivity contribution in [3.63, 3.8) is 0 Å². The zero-order valence-electron chi connectivity index (χ0n) is 11.8. The Hall–Kier alpha value is -0.910. The first-order chi connectivity index (χ1) is 9.78. The van der Waals surface area contributed by atoms with Crippen LogP contribution in [-0.4, -0.2) is 22.0 Å². The van der Waals surface area contributed by atoms with Crippen molar-refractivity contribution in [3.8, 4) is 0 Å². The van der Waals surface area contributed by atoms with Crippen LogP contribution in [0.2, 0.25) is 0 Å². The van der Waals surface area contributed by atoms with Crippen LogP contribution >= 0.6 is 23.1 Å². The molecule has 1 aliphatic carbocycles. The third-order valence-corrected chi connectivity index (χ3v) is 5.75. The third-order valence-electron chi connectivity index (χ3n) is 3.56. The molecule has 0 spiro atoms. The first-order valence-corrected chi connectivity index (χ1v) is 8.75. The zero-order valence-corrected chi connectivity index (χ0v) is 13.4. The van der Waals surface area contributed by atoms with E-state index in [1.165, 1.54) is 11.1 Å². The van der Waals surface area contributed by atoms with Crippen LogP contribution in [0.3, 0.4) is 0 Å². The fraction of sp³-hybridized carbons (Fsp3) is 0.467. The van der Waals surface area contributed by atoms with Gasteiger partial charge in [-0.2, -0.15) is 0 Å². The second-order valence-electron chi connectivity index (χ2n) is 5.08. The molecule has 0 aliphatic heterocycles. The molecular formula is C15H19N3S2. The number of aromatic nitrogens is 2. The van der Waals surface area contributed by atoms with Crippen molar-refractivity contribution >= 4 is 23.1 Å². The molecule has 1 aliphatic rings. The Labute approximate surface area is 128 Å². The molecule has 0 fully saturated rings. The molecule has 1 aromatic heterocycles. The highest BCUT2D eigenvalue weighted by Crippen LogP contribution is 2.42. The van der Waals surface area contributed by atoms with Gasteiger partial charge in [0.1, 0.15) is 5.01 Å². The van der Waals surface area contributed by atoms with Crippen LogP contribution < -0.4 is 5.32 Å². The van der Waals surface area contributed by atoms with Gasteiger partial charge in [-0.3, -0.25) is 0 Å². The van der Waals surface area contributed by atoms with Crippen LogP contribution in [0.4, 0.5) is 0 Å². The predicted octanol–water partition coefficient (Wildman–Crippen LogP) is 3.60. The summed E-state index contributed by atoms with van der Waals surface area (Å²) in [6.07, 6.45) is 2.27. The Balaban J connectivity index is 1.79. The molecular weight excluding hydrogens is 286 g/mol. The molecule has 1 heterocycles. The molecule has 3 rings (SSSR count). The summed E-state index contributed by atoms with van der Waals surface area (Å²) in [4.78, 5) is 0. The van der Waals surface area contributed by atoms with E-state index in [4.69, 9.17) is 0 Å². The fourth-order valence-corrected chi connectivity index (χ4v) is 4.99. The molecule has 20 heavy (non-hydrogen) atoms. The monoisotopic (exact) mass is 305 g/mol. The third kappa shape index (κ3) is 2.90. The molecule has 5 heteroatoms. The molecule has 2 aromatic rings. The van der Waals surface area contributed by atoms with Gasteiger partial charge in [0, 0.05) is 11.3 Å². The van der Waals surface area contributed by atoms with Gasteiger partial charge in [-0.05, 0) is 37.4 Å². The van der Waals surface area contributed by atoms with Crippen LogP contribution in [0.5, 0.6) is 0 Å². The Morgan fingerprint density at radius 2 is 2.20 bits per heavy atom. The van der Waals surface area contributed by atoms with E-state index in [0.29, 0.717) is 11.3 Å². The largest absolute Gasteiger partial charge is 0.309 e. The lowest BCUT2D eigenvalue weighted by molar-refractivity contribution is 0.539. The normalized spacial score (nSPS) is 21.1. The van der Waals surface area contributed by atoms with Crippen LogP contribution in [0.15, 0.2) is 28.6 Å². The van der Waals surface area contributed by atoms with E-state index in [-0.39, 0.29) is 0 Å². The second kappa shape index (κ2) is 6.24. The topological polar surface area (TPSA) is 37.8 Å². The number of thioether (sulfide) groups is 1. The summed E-state index contributed by atoms with van der Waals surface area (Å²) < 4.78 is 1.09. The maximum absolute atomic E-state index is 4.26. The van der Waals surface area contributed by atoms with Crippen LogP contribution in [-0.2, 0) is 6.42 Å². The lowest BCUT2D eigenvalue weighted by Crippen LogP contribution is -2.27. The van der Waals surface area contributed by atoms with E-state index >= 15 is 0 Å². The average molecular weight is 305 g/mol. The lowest BCUT2D eigenvalue weighted by atomic mass is 10.1. The number of rotatable bonds is 5. The molecule has 0 bridgehead atoms. The average Bonchev–Trinajstić information content (AvgIpc) is 3.00. The number of hydrogen-bond acceptors (Lipinski definition) is 5. The summed E-state index contributed by atoms with van der Waals surface area (Å²) in [6.45, 7) is 5.28. The first-order valence-electron chi connectivity index (χ1n) is 7.06. The smallest absolute Gasteiger partial charge is 0.174 e. The van der Waals surface area contributed by atoms with E-state index in [2.05, 4.69) is 46.7 Å². The van der Waals surface area contributed by atoms with Gasteiger partial charge in [-0.25, -0.2) is 0 Å². The van der Waals surface area contributed by atoms with Crippen LogP contribution in [0.25, 0.3) is 0 Å². The summed E-state index contributed by atoms with van der Waals surface area (Å²) >= 11 is 3.56. The van der Waals surface area contributed by atoms with Gasteiger partial charge < -0.3 is 5.32 Å². The van der Waals surface area contributed by atoms with E-state index in [1.807, 2.05) is 18.7 Å². The van der Waals surface area contributed by atoms with Crippen LogP contribution in [0, 0.1) is 6.92 Å². The maximum Gasteiger partial charge on any atom is 0.174 e. The van der Waals surface area contributed by atoms with Crippen molar-refractivity contribution in [3.05, 3.63) is 40.4 Å². The van der Waals surface area contributed by atoms with Gasteiger partial charge in [0.15, 0.2) is 4.34 Å². The van der Waals surface area contributed by atoms with Gasteiger partial charge >= 0.3 is 0 Å². The van der Waals surface area contributed by atoms with E-state index in [0.717, 1.165) is 28.7 Å². The lowest BCUT2D eigenvalue weighted by Gasteiger charge is -2.20. The molecule has 1 aromatic carbocycles. The minimum Gasteiger partial charge on any atom is -0.309 e. The van der Waals surface area contributed by atoms with Crippen LogP contribution in [0.1, 0.15) is 35.5 Å². The molecule has 1 N–H and O–H groups in total. The highest BCUT2D eigenvalue weighted by molar-refractivity contribution is 8.01. The number of fused-ring (bicyclic) bond motifs is 1. The summed E-state index contributed by atoms with van der Waals surface area (Å²) in [5.41, 5.74) is 2.93. The summed E-state index contributed by atoms with van der Waals surface area (Å²) in [5.74, 6) is 0. The van der Waals surface area contributed by atoms with Crippen molar-refractivity contribution in [2.45, 2.75) is 42.3 Å². The van der Waals surface area contributed by atoms with Crippen molar-refractivity contribution in [1.29, 1.82) is 0 Å². The summed E-state index contributed by atoms with van der Waals surface area (Å²) in [5, 5.41) is 13.6. The highest BCUT2D eigenvalue weighted by atomic mass is 32.2. The molecule has 0 saturated carbocycles. The van der Waals surface area contributed by atoms with E-state index in [1.54, 1.807) is 11.3 Å². The first kappa shape index (κ1) is 14.0. The Kier molecular flexibility index (Phi) is 4.38. The van der Waals surface area contributed by atoms with E-state index < -0.39 is 0 Å². The molecule has 0 radical (unpaired) electrons. The Morgan fingerprint density at radius 1 is 1.35 bits per heavy atom. The number of benzene rings is 1. The minimum absolute atomic E-state index is 0.431. The molecule has 0 saturated heterocycles. The second-order valence-corrected chi connectivity index (χ2v) is 7.75. The molecule has 2 atom stereocenters. The summed E-state index contributed by atoms with van der Waals surface area (Å²) in [7, 11) is 0. The quantitative estimate of drug-likeness (QED) is 0.916. The number of nitrogens with one attached hydrogen (secondary N) is 1. The number of aryl methyl sites for hydroxylation is 1. The van der Waals surface area contributed by atoms with Crippen molar-refractivity contribution in [2.75, 3.05) is 6.54 Å². The SMILES string of the molecule is CCCNC1c2ccccc2CC1Sc1nnc(C)s1. The highest BCUT2D eigenvalue weighted by Gasteiger charge is 2.33. The summed E-state index contributed by atoms with van der Waals surface area (Å²) in [6, 6.07) is 9.22. The standard InChI is InChI=1S/C15H19N3S2/c1-3-8-16-14-12-7-5-4-6-11(12)9-13(14)20-15-18-17-10(2)19-15/h4-7,13-14,16H,3,8-9H2,1-2H3. The molecule has 2 unspecified atom stereocenters. The Bertz CT molecular complexity index is 582. The Morgan fingerprint density at radius 3 is 2.95 bits per heavy atom. The molecule has 106 valence electrons. The fourth-order valence-electron chi connectivity index (χ4n) is 2.66. The van der Waals surface area contributed by atoms with E-state index in [9.17, 15) is 0 Å². The van der Waals surface area contributed by atoms with Gasteiger partial charge in [-0.15, -0.1) is 10.2 Å². The minimum atomic E-state index is 0.431.